The summed E-state index contributed by atoms with van der Waals surface area (Å²) in [6.45, 7) is 28.1. The second kappa shape index (κ2) is 46.6. The molecule has 0 aliphatic heterocycles. The fraction of sp³-hybridized carbons (Fsp3) is 0.271. The molecule has 15 rings (SSSR count). The van der Waals surface area contributed by atoms with Crippen molar-refractivity contribution in [3.8, 4) is 29.7 Å². The zero-order chi connectivity index (χ0) is 95.3. The Morgan fingerprint density at radius 1 is 0.343 bits per heavy atom. The highest BCUT2D eigenvalue weighted by molar-refractivity contribution is 7.98. The van der Waals surface area contributed by atoms with Gasteiger partial charge in [0.1, 0.15) is 40.7 Å². The lowest BCUT2D eigenvalue weighted by Crippen LogP contribution is -2.23. The molecule has 0 fully saturated rings. The number of aromatic amines is 5. The van der Waals surface area contributed by atoms with E-state index in [0.29, 0.717) is 147 Å². The topological polar surface area (TPSA) is 463 Å². The highest BCUT2D eigenvalue weighted by Gasteiger charge is 2.25. The molecule has 0 aliphatic carbocycles. The first-order valence-electron chi connectivity index (χ1n) is 42.5. The predicted octanol–water partition coefficient (Wildman–Crippen LogP) is 15.5. The van der Waals surface area contributed by atoms with Crippen molar-refractivity contribution >= 4 is 70.4 Å². The van der Waals surface area contributed by atoms with Crippen LogP contribution in [-0.4, -0.2) is 135 Å². The first kappa shape index (κ1) is 102. The van der Waals surface area contributed by atoms with Crippen LogP contribution in [0.2, 0.25) is 0 Å². The lowest BCUT2D eigenvalue weighted by atomic mass is 10.1. The number of H-pyrrole nitrogens is 5. The predicted molar refractivity (Wildman–Crippen MR) is 515 cm³/mol. The maximum Gasteiger partial charge on any atom is 0.259 e. The van der Waals surface area contributed by atoms with Gasteiger partial charge < -0.3 is 26.6 Å². The number of halogens is 2. The van der Waals surface area contributed by atoms with Gasteiger partial charge in [0.25, 0.3) is 57.3 Å². The van der Waals surface area contributed by atoms with Gasteiger partial charge in [-0.25, -0.2) is 33.7 Å². The Labute approximate surface area is 775 Å². The van der Waals surface area contributed by atoms with E-state index in [1.54, 1.807) is 124 Å². The van der Waals surface area contributed by atoms with E-state index in [1.807, 2.05) is 120 Å². The van der Waals surface area contributed by atoms with E-state index in [0.717, 1.165) is 16.3 Å². The highest BCUT2D eigenvalue weighted by Crippen LogP contribution is 2.26. The van der Waals surface area contributed by atoms with Crippen LogP contribution in [0.3, 0.4) is 0 Å². The van der Waals surface area contributed by atoms with Crippen molar-refractivity contribution in [2.45, 2.75) is 174 Å². The molecule has 5 aromatic carbocycles. The highest BCUT2D eigenvalue weighted by atomic mass is 32.2. The lowest BCUT2D eigenvalue weighted by Gasteiger charge is -2.12. The van der Waals surface area contributed by atoms with Crippen molar-refractivity contribution < 1.29 is 32.8 Å². The molecule has 38 heteroatoms. The maximum atomic E-state index is 13.9. The normalized spacial score (nSPS) is 10.7. The standard InChI is InChI=1S/C20H23N5O2S.C19H20FN5O2.C19H21N5O2.C18H18FN5O2.C18H19N5O2.2CH4/c1-5-13-15(6-2)21-20(23-18(13)26)25-17(11-12(3)24-25)22-19(27)14-9-7-8-10-16(14)28-4;1-4-12-15(5-2)21-19(23-17(12)26)25-16(10-11(3)24-25)22-18(27)13-8-6-7-9-14(13)20;1-4-14-15(5-2)20-19(22-18(14)26)24-16(11-12(3)23-24)21-17(25)13-9-7-6-8-10-13;1-10(2)13-9-20-18(22-17(13)26)24-15(8-11(3)23-24)21-16(25)12-6-4-5-7-14(12)19;1-11(2)14-10-19-18(21-17(14)25)23-15(9-12(3)22-23)20-16(24)13-7-5-4-6-8-13;;/h7-11H,5-6H2,1-4H3,(H,22,27)(H,21,23,26);6-10H,4-5H2,1-3H3,(H,22,27)(H,21,23,26);6-11H,4-5H2,1-3H3,(H,21,25)(H,20,22,26);4-10H,1-3H3,(H,21,25)(H,20,22,26);4-11H,1-3H3,(H,20,24)(H,19,21,25);2*1H4. The minimum Gasteiger partial charge on any atom is -0.306 e. The van der Waals surface area contributed by atoms with Crippen LogP contribution in [0.25, 0.3) is 29.7 Å². The van der Waals surface area contributed by atoms with Gasteiger partial charge in [-0.15, -0.1) is 11.8 Å². The molecule has 10 N–H and O–H groups in total. The summed E-state index contributed by atoms with van der Waals surface area (Å²) >= 11 is 1.51. The Morgan fingerprint density at radius 3 is 0.866 bits per heavy atom. The Morgan fingerprint density at radius 2 is 0.597 bits per heavy atom. The van der Waals surface area contributed by atoms with Gasteiger partial charge in [0, 0.05) is 86.6 Å². The smallest absolute Gasteiger partial charge is 0.259 e. The molecule has 15 aromatic rings. The van der Waals surface area contributed by atoms with E-state index in [-0.39, 0.29) is 113 Å². The van der Waals surface area contributed by atoms with E-state index in [9.17, 15) is 56.7 Å². The van der Waals surface area contributed by atoms with E-state index >= 15 is 0 Å². The van der Waals surface area contributed by atoms with Crippen molar-refractivity contribution in [3.63, 3.8) is 0 Å². The molecule has 10 heterocycles. The average Bonchev–Trinajstić information content (AvgIpc) is 1.63. The molecule has 10 aromatic heterocycles. The molecule has 0 radical (unpaired) electrons. The summed E-state index contributed by atoms with van der Waals surface area (Å²) in [7, 11) is 0. The van der Waals surface area contributed by atoms with Gasteiger partial charge in [0.15, 0.2) is 0 Å². The monoisotopic (exact) mass is 1840 g/mol. The summed E-state index contributed by atoms with van der Waals surface area (Å²) in [5.41, 5.74) is 8.98. The largest absolute Gasteiger partial charge is 0.306 e. The molecule has 0 saturated carbocycles. The average molecular weight is 1840 g/mol. The number of nitrogens with one attached hydrogen (secondary N) is 10. The number of aryl methyl sites for hydroxylation is 8. The summed E-state index contributed by atoms with van der Waals surface area (Å²) < 4.78 is 34.7. The van der Waals surface area contributed by atoms with Gasteiger partial charge >= 0.3 is 0 Å². The number of hydrogen-bond donors (Lipinski definition) is 10. The van der Waals surface area contributed by atoms with Crippen LogP contribution in [0.4, 0.5) is 37.9 Å². The van der Waals surface area contributed by atoms with Crippen LogP contribution >= 0.6 is 11.8 Å². The van der Waals surface area contributed by atoms with Crippen LogP contribution in [0.5, 0.6) is 0 Å². The lowest BCUT2D eigenvalue weighted by molar-refractivity contribution is 0.101. The van der Waals surface area contributed by atoms with Gasteiger partial charge in [-0.05, 0) is 152 Å². The Bertz CT molecular complexity index is 7020. The first-order chi connectivity index (χ1) is 63.3. The number of hydrogen-bond acceptors (Lipinski definition) is 21. The molecule has 0 unspecified atom stereocenters. The van der Waals surface area contributed by atoms with Crippen LogP contribution in [0, 0.1) is 46.3 Å². The zero-order valence-electron chi connectivity index (χ0n) is 75.6. The third-order valence-corrected chi connectivity index (χ3v) is 21.0. The molecular weight excluding hydrogens is 1730 g/mol. The number of benzene rings is 5. The number of anilines is 5. The summed E-state index contributed by atoms with van der Waals surface area (Å²) in [5, 5.41) is 35.4. The number of carbonyl (C=O) groups excluding carboxylic acids is 5. The van der Waals surface area contributed by atoms with Crippen LogP contribution in [0.1, 0.15) is 221 Å². The van der Waals surface area contributed by atoms with E-state index < -0.39 is 23.4 Å². The number of rotatable bonds is 24. The van der Waals surface area contributed by atoms with Crippen molar-refractivity contribution in [2.75, 3.05) is 32.8 Å². The summed E-state index contributed by atoms with van der Waals surface area (Å²) in [5.74, 6) is -0.0337. The third-order valence-electron chi connectivity index (χ3n) is 20.2. The van der Waals surface area contributed by atoms with Gasteiger partial charge in [-0.3, -0.25) is 72.9 Å². The summed E-state index contributed by atoms with van der Waals surface area (Å²) in [4.78, 5) is 161. The Hall–Kier alpha value is -15.9. The Balaban J connectivity index is 0.000000187. The minimum absolute atomic E-state index is 0. The van der Waals surface area contributed by atoms with Gasteiger partial charge in [0.2, 0.25) is 29.7 Å². The molecule has 0 saturated heterocycles. The zero-order valence-corrected chi connectivity index (χ0v) is 76.4. The summed E-state index contributed by atoms with van der Waals surface area (Å²) in [6, 6.07) is 45.0. The fourth-order valence-electron chi connectivity index (χ4n) is 13.7. The number of carbonyl (C=O) groups is 5. The van der Waals surface area contributed by atoms with Gasteiger partial charge in [-0.1, -0.05) is 157 Å². The maximum absolute atomic E-state index is 13.9. The van der Waals surface area contributed by atoms with E-state index in [1.165, 1.54) is 77.8 Å². The van der Waals surface area contributed by atoms with Crippen molar-refractivity contribution in [2.24, 2.45) is 0 Å². The van der Waals surface area contributed by atoms with Crippen molar-refractivity contribution in [1.29, 1.82) is 0 Å². The van der Waals surface area contributed by atoms with E-state index in [2.05, 4.69) is 102 Å². The molecule has 0 spiro atoms. The quantitative estimate of drug-likeness (QED) is 0.0251. The third kappa shape index (κ3) is 24.8. The molecule has 0 aliphatic rings. The molecule has 35 nitrogen and oxygen atoms in total. The van der Waals surface area contributed by atoms with Crippen molar-refractivity contribution in [3.05, 3.63) is 341 Å². The van der Waals surface area contributed by atoms with Gasteiger partial charge in [0.05, 0.1) is 62.2 Å². The molecule has 0 bridgehead atoms. The Kier molecular flexibility index (Phi) is 35.4. The minimum atomic E-state index is -0.624. The van der Waals surface area contributed by atoms with Crippen molar-refractivity contribution in [1.82, 2.24) is 98.7 Å². The molecule has 134 heavy (non-hydrogen) atoms. The number of thioether (sulfide) groups is 1. The SMILES string of the molecule is C.C.CCc1nc(-n2nc(C)cc2NC(=O)c2ccccc2)[nH]c(=O)c1CC.CCc1nc(-n2nc(C)cc2NC(=O)c2ccccc2F)[nH]c(=O)c1CC.CCc1nc(-n2nc(C)cc2NC(=O)c2ccccc2SC)[nH]c(=O)c1CC.Cc1cc(NC(=O)c2ccccc2)n(-c2ncc(C(C)C)c(=O)[nH]2)n1.Cc1cc(NC(=O)c2ccccc2F)n(-c2ncc(C(C)C)c(=O)[nH]2)n1. The van der Waals surface area contributed by atoms with Crippen LogP contribution in [0.15, 0.2) is 205 Å². The molecular formula is C96H109F2N25O10S. The van der Waals surface area contributed by atoms with Crippen LogP contribution in [-0.2, 0) is 38.5 Å². The second-order valence-electron chi connectivity index (χ2n) is 30.4. The van der Waals surface area contributed by atoms with Crippen LogP contribution < -0.4 is 54.4 Å². The summed E-state index contributed by atoms with van der Waals surface area (Å²) in [6.07, 6.45) is 8.63. The van der Waals surface area contributed by atoms with Gasteiger partial charge in [-0.2, -0.15) is 48.9 Å². The second-order valence-corrected chi connectivity index (χ2v) is 31.3. The first-order valence-corrected chi connectivity index (χ1v) is 43.7. The number of aromatic nitrogens is 20. The number of amides is 5. The molecule has 0 atom stereocenters. The fourth-order valence-corrected chi connectivity index (χ4v) is 14.3. The van der Waals surface area contributed by atoms with E-state index in [4.69, 9.17) is 0 Å². The number of nitrogens with zero attached hydrogens (tertiary/aromatic N) is 15. The molecule has 698 valence electrons. The molecule has 5 amide bonds.